The smallest absolute Gasteiger partial charge is 0.329 e. The summed E-state index contributed by atoms with van der Waals surface area (Å²) >= 11 is 0. The molecule has 0 radical (unpaired) electrons. The molecule has 1 aliphatic rings. The van der Waals surface area contributed by atoms with E-state index in [0.29, 0.717) is 24.3 Å². The number of hydrogen-bond donors (Lipinski definition) is 1. The Hall–Kier alpha value is -4.43. The van der Waals surface area contributed by atoms with Crippen LogP contribution in [0.25, 0.3) is 0 Å². The van der Waals surface area contributed by atoms with E-state index in [-0.39, 0.29) is 46.0 Å². The number of nitrogens with one attached hydrogen (secondary N) is 1. The van der Waals surface area contributed by atoms with Crippen molar-refractivity contribution in [2.24, 2.45) is 0 Å². The van der Waals surface area contributed by atoms with Gasteiger partial charge in [0.05, 0.1) is 40.1 Å². The Bertz CT molecular complexity index is 1290. The molecule has 1 heterocycles. The first-order chi connectivity index (χ1) is 21.7. The zero-order valence-corrected chi connectivity index (χ0v) is 26.0. The van der Waals surface area contributed by atoms with Crippen LogP contribution in [0.2, 0.25) is 0 Å². The first-order valence-corrected chi connectivity index (χ1v) is 14.7. The molecule has 14 heteroatoms. The van der Waals surface area contributed by atoms with Crippen molar-refractivity contribution in [3.05, 3.63) is 69.3 Å². The Balaban J connectivity index is 1.76. The van der Waals surface area contributed by atoms with Crippen molar-refractivity contribution >= 4 is 17.8 Å². The van der Waals surface area contributed by atoms with Crippen molar-refractivity contribution in [2.45, 2.75) is 57.8 Å². The molecule has 246 valence electrons. The third-order valence-corrected chi connectivity index (χ3v) is 7.24. The maximum atomic E-state index is 13.9. The second-order valence-corrected chi connectivity index (χ2v) is 10.2. The van der Waals surface area contributed by atoms with Crippen LogP contribution >= 0.6 is 0 Å². The number of esters is 2. The van der Waals surface area contributed by atoms with Gasteiger partial charge in [-0.25, -0.2) is 4.79 Å². The van der Waals surface area contributed by atoms with Crippen LogP contribution in [0, 0.1) is 10.1 Å². The number of amides is 1. The van der Waals surface area contributed by atoms with Gasteiger partial charge in [-0.05, 0) is 55.5 Å². The van der Waals surface area contributed by atoms with E-state index in [1.165, 1.54) is 19.1 Å². The minimum absolute atomic E-state index is 0.0182. The summed E-state index contributed by atoms with van der Waals surface area (Å²) < 4.78 is 26.8. The van der Waals surface area contributed by atoms with E-state index in [1.54, 1.807) is 26.0 Å². The van der Waals surface area contributed by atoms with E-state index in [0.717, 1.165) is 16.7 Å². The van der Waals surface area contributed by atoms with Crippen molar-refractivity contribution in [3.63, 3.8) is 0 Å². The molecule has 1 amide bonds. The Morgan fingerprint density at radius 2 is 1.67 bits per heavy atom. The van der Waals surface area contributed by atoms with E-state index >= 15 is 0 Å². The fourth-order valence-corrected chi connectivity index (χ4v) is 5.01. The van der Waals surface area contributed by atoms with E-state index < -0.39 is 41.1 Å². The number of methoxy groups -OCH3 is 2. The van der Waals surface area contributed by atoms with Gasteiger partial charge >= 0.3 is 11.9 Å². The minimum Gasteiger partial charge on any atom is -0.493 e. The monoisotopic (exact) mass is 631 g/mol. The molecular weight excluding hydrogens is 590 g/mol. The van der Waals surface area contributed by atoms with Gasteiger partial charge in [0, 0.05) is 13.0 Å². The predicted molar refractivity (Wildman–Crippen MR) is 160 cm³/mol. The number of carbonyl (C=O) groups excluding carboxylic acids is 3. The Labute approximate surface area is 261 Å². The molecule has 2 aromatic carbocycles. The van der Waals surface area contributed by atoms with Crippen LogP contribution in [-0.4, -0.2) is 93.2 Å². The number of hydrogen-bond acceptors (Lipinski definition) is 12. The molecule has 14 nitrogen and oxygen atoms in total. The molecule has 3 unspecified atom stereocenters. The lowest BCUT2D eigenvalue weighted by Crippen LogP contribution is -2.56. The molecule has 0 saturated heterocycles. The van der Waals surface area contributed by atoms with Crippen LogP contribution in [-0.2, 0) is 52.8 Å². The summed E-state index contributed by atoms with van der Waals surface area (Å²) in [6, 6.07) is 10.6. The average molecular weight is 632 g/mol. The van der Waals surface area contributed by atoms with Crippen LogP contribution in [0.3, 0.4) is 0 Å². The van der Waals surface area contributed by atoms with Crippen molar-refractivity contribution in [3.8, 4) is 11.5 Å². The highest BCUT2D eigenvalue weighted by molar-refractivity contribution is 5.89. The van der Waals surface area contributed by atoms with E-state index in [1.807, 2.05) is 30.3 Å². The van der Waals surface area contributed by atoms with Gasteiger partial charge in [0.2, 0.25) is 5.91 Å². The molecule has 2 aromatic rings. The minimum atomic E-state index is -0.976. The number of carbonyl (C=O) groups is 3. The Morgan fingerprint density at radius 3 is 2.31 bits per heavy atom. The second-order valence-electron chi connectivity index (χ2n) is 10.2. The maximum absolute atomic E-state index is 13.9. The quantitative estimate of drug-likeness (QED) is 0.111. The number of ether oxygens (including phenoxy) is 5. The highest BCUT2D eigenvalue weighted by Crippen LogP contribution is 2.35. The Kier molecular flexibility index (Phi) is 13.8. The number of nitrogens with zero attached hydrogens (tertiary/aromatic N) is 2. The van der Waals surface area contributed by atoms with E-state index in [4.69, 9.17) is 23.7 Å². The topological polar surface area (TPSA) is 165 Å². The zero-order chi connectivity index (χ0) is 32.8. The lowest BCUT2D eigenvalue weighted by Gasteiger charge is -2.37. The normalized spacial score (nSPS) is 15.3. The first-order valence-electron chi connectivity index (χ1n) is 14.7. The van der Waals surface area contributed by atoms with Gasteiger partial charge in [-0.3, -0.25) is 14.9 Å². The predicted octanol–water partition coefficient (Wildman–Crippen LogP) is 2.27. The van der Waals surface area contributed by atoms with Gasteiger partial charge in [-0.2, -0.15) is 0 Å². The Morgan fingerprint density at radius 1 is 1.00 bits per heavy atom. The number of aryl methyl sites for hydroxylation is 1. The molecule has 45 heavy (non-hydrogen) atoms. The fraction of sp³-hybridized carbons (Fsp3) is 0.516. The summed E-state index contributed by atoms with van der Waals surface area (Å²) in [5.41, 5.74) is 2.61. The number of benzene rings is 2. The summed E-state index contributed by atoms with van der Waals surface area (Å²) in [5, 5.41) is 12.5. The highest BCUT2D eigenvalue weighted by atomic mass is 17.0. The molecule has 3 atom stereocenters. The van der Waals surface area contributed by atoms with E-state index in [9.17, 15) is 24.5 Å². The van der Waals surface area contributed by atoms with Gasteiger partial charge in [-0.1, -0.05) is 30.3 Å². The van der Waals surface area contributed by atoms with Crippen LogP contribution in [0.15, 0.2) is 42.5 Å². The molecular formula is C31H41N3O11. The lowest BCUT2D eigenvalue weighted by molar-refractivity contribution is -0.758. The van der Waals surface area contributed by atoms with Gasteiger partial charge in [-0.15, -0.1) is 10.1 Å². The standard InChI is InChI=1S/C31H41N3O11/c1-5-43-30(36)25(12-11-22-9-7-6-8-10-22)32-21(2)29(35)33-20-24-19-28(41-4)27(40-3)18-23(24)17-26(33)31(37)44-15-13-42-14-16-45-34(38)39/h6-10,18-19,21,25-26,32H,5,11-17,20H2,1-4H3. The van der Waals surface area contributed by atoms with Crippen LogP contribution < -0.4 is 14.8 Å². The molecule has 0 fully saturated rings. The number of fused-ring (bicyclic) bond motifs is 1. The molecule has 0 aliphatic carbocycles. The molecule has 3 rings (SSSR count). The van der Waals surface area contributed by atoms with Crippen LogP contribution in [0.5, 0.6) is 11.5 Å². The third kappa shape index (κ3) is 10.3. The van der Waals surface area contributed by atoms with Gasteiger partial charge < -0.3 is 33.4 Å². The molecule has 0 bridgehead atoms. The summed E-state index contributed by atoms with van der Waals surface area (Å²) in [6.45, 7) is 3.18. The first kappa shape index (κ1) is 35.1. The second kappa shape index (κ2) is 17.8. The molecule has 0 spiro atoms. The summed E-state index contributed by atoms with van der Waals surface area (Å²) in [5.74, 6) is -0.545. The van der Waals surface area contributed by atoms with Gasteiger partial charge in [0.25, 0.3) is 5.09 Å². The maximum Gasteiger partial charge on any atom is 0.329 e. The summed E-state index contributed by atoms with van der Waals surface area (Å²) in [6.07, 6.45) is 1.14. The molecule has 1 aliphatic heterocycles. The van der Waals surface area contributed by atoms with Crippen molar-refractivity contribution in [2.75, 3.05) is 47.3 Å². The lowest BCUT2D eigenvalue weighted by atomic mass is 9.92. The van der Waals surface area contributed by atoms with Crippen LogP contribution in [0.1, 0.15) is 37.0 Å². The van der Waals surface area contributed by atoms with Crippen molar-refractivity contribution < 1.29 is 48.0 Å². The molecule has 0 saturated carbocycles. The van der Waals surface area contributed by atoms with Gasteiger partial charge in [0.1, 0.15) is 25.3 Å². The van der Waals surface area contributed by atoms with Crippen molar-refractivity contribution in [1.82, 2.24) is 10.2 Å². The fourth-order valence-electron chi connectivity index (χ4n) is 5.01. The third-order valence-electron chi connectivity index (χ3n) is 7.24. The van der Waals surface area contributed by atoms with Crippen molar-refractivity contribution in [1.29, 1.82) is 0 Å². The highest BCUT2D eigenvalue weighted by Gasteiger charge is 2.39. The largest absolute Gasteiger partial charge is 0.493 e. The van der Waals surface area contributed by atoms with Gasteiger partial charge in [0.15, 0.2) is 11.5 Å². The summed E-state index contributed by atoms with van der Waals surface area (Å²) in [4.78, 5) is 56.0. The average Bonchev–Trinajstić information content (AvgIpc) is 3.04. The molecule has 0 aromatic heterocycles. The van der Waals surface area contributed by atoms with Crippen LogP contribution in [0.4, 0.5) is 0 Å². The molecule has 1 N–H and O–H groups in total. The SMILES string of the molecule is CCOC(=O)C(CCc1ccccc1)NC(C)C(=O)N1Cc2cc(OC)c(OC)cc2CC1C(=O)OCCOCCO[N+](=O)[O-]. The van der Waals surface area contributed by atoms with E-state index in [2.05, 4.69) is 10.2 Å². The summed E-state index contributed by atoms with van der Waals surface area (Å²) in [7, 11) is 3.02. The number of rotatable bonds is 18. The zero-order valence-electron chi connectivity index (χ0n) is 26.0.